The number of aliphatic hydroxyl groups is 1. The second-order valence-electron chi connectivity index (χ2n) is 5.75. The minimum atomic E-state index is -3.53. The Morgan fingerprint density at radius 1 is 1.35 bits per heavy atom. The van der Waals surface area contributed by atoms with Crippen LogP contribution in [0.1, 0.15) is 24.0 Å². The molecular formula is C14H22N2O3S. The van der Waals surface area contributed by atoms with E-state index in [4.69, 9.17) is 5.73 Å². The molecule has 0 saturated heterocycles. The van der Waals surface area contributed by atoms with Crippen LogP contribution < -0.4 is 5.73 Å². The van der Waals surface area contributed by atoms with Gasteiger partial charge in [0.25, 0.3) is 0 Å². The lowest BCUT2D eigenvalue weighted by Crippen LogP contribution is -2.39. The Balaban J connectivity index is 2.25. The summed E-state index contributed by atoms with van der Waals surface area (Å²) in [6, 6.07) is 3.43. The van der Waals surface area contributed by atoms with Crippen molar-refractivity contribution in [2.45, 2.75) is 37.7 Å². The molecule has 1 aromatic rings. The number of nitrogens with two attached hydrogens (primary N) is 1. The summed E-state index contributed by atoms with van der Waals surface area (Å²) in [6.45, 7) is 3.99. The van der Waals surface area contributed by atoms with E-state index in [-0.39, 0.29) is 16.9 Å². The summed E-state index contributed by atoms with van der Waals surface area (Å²) < 4.78 is 26.6. The molecule has 0 atom stereocenters. The number of sulfonamides is 1. The molecule has 2 rings (SSSR count). The lowest BCUT2D eigenvalue weighted by atomic mass is 9.82. The third kappa shape index (κ3) is 2.82. The lowest BCUT2D eigenvalue weighted by molar-refractivity contribution is 0.0367. The van der Waals surface area contributed by atoms with Crippen LogP contribution in [-0.4, -0.2) is 37.5 Å². The number of rotatable bonds is 4. The van der Waals surface area contributed by atoms with Gasteiger partial charge in [-0.1, -0.05) is 0 Å². The molecule has 1 saturated carbocycles. The van der Waals surface area contributed by atoms with Gasteiger partial charge in [0.2, 0.25) is 10.0 Å². The normalized spacial score (nSPS) is 22.9. The maximum Gasteiger partial charge on any atom is 0.243 e. The molecule has 112 valence electrons. The van der Waals surface area contributed by atoms with Gasteiger partial charge >= 0.3 is 0 Å². The SMILES string of the molecule is Cc1cc(N)c(C)c(S(=O)(=O)N(C)CC2CC(O)C2)c1. The van der Waals surface area contributed by atoms with Crippen molar-refractivity contribution in [2.75, 3.05) is 19.3 Å². The highest BCUT2D eigenvalue weighted by molar-refractivity contribution is 7.89. The number of hydrogen-bond acceptors (Lipinski definition) is 4. The molecule has 20 heavy (non-hydrogen) atoms. The molecule has 0 bridgehead atoms. The number of hydrogen-bond donors (Lipinski definition) is 2. The van der Waals surface area contributed by atoms with Gasteiger partial charge in [-0.2, -0.15) is 0 Å². The predicted molar refractivity (Wildman–Crippen MR) is 78.9 cm³/mol. The minimum absolute atomic E-state index is 0.243. The zero-order valence-corrected chi connectivity index (χ0v) is 12.9. The highest BCUT2D eigenvalue weighted by Crippen LogP contribution is 2.30. The van der Waals surface area contributed by atoms with E-state index in [2.05, 4.69) is 0 Å². The molecule has 0 aliphatic heterocycles. The summed E-state index contributed by atoms with van der Waals surface area (Å²) in [7, 11) is -1.95. The smallest absolute Gasteiger partial charge is 0.243 e. The zero-order valence-electron chi connectivity index (χ0n) is 12.1. The quantitative estimate of drug-likeness (QED) is 0.820. The first kappa shape index (κ1) is 15.3. The number of aryl methyl sites for hydroxylation is 1. The number of benzene rings is 1. The Kier molecular flexibility index (Phi) is 4.09. The van der Waals surface area contributed by atoms with Crippen molar-refractivity contribution in [3.63, 3.8) is 0 Å². The molecule has 1 fully saturated rings. The summed E-state index contributed by atoms with van der Waals surface area (Å²) in [5.41, 5.74) is 7.78. The predicted octanol–water partition coefficient (Wildman–Crippen LogP) is 1.28. The van der Waals surface area contributed by atoms with E-state index >= 15 is 0 Å². The van der Waals surface area contributed by atoms with Gasteiger partial charge in [-0.05, 0) is 55.9 Å². The fraction of sp³-hybridized carbons (Fsp3) is 0.571. The maximum atomic E-state index is 12.6. The Morgan fingerprint density at radius 3 is 2.50 bits per heavy atom. The van der Waals surface area contributed by atoms with Crippen molar-refractivity contribution in [2.24, 2.45) is 5.92 Å². The van der Waals surface area contributed by atoms with Gasteiger partial charge in [-0.15, -0.1) is 0 Å². The molecule has 1 aliphatic carbocycles. The van der Waals surface area contributed by atoms with E-state index in [0.717, 1.165) is 5.56 Å². The van der Waals surface area contributed by atoms with Crippen molar-refractivity contribution < 1.29 is 13.5 Å². The van der Waals surface area contributed by atoms with Crippen LogP contribution in [0.15, 0.2) is 17.0 Å². The van der Waals surface area contributed by atoms with Gasteiger partial charge in [0.05, 0.1) is 11.0 Å². The van der Waals surface area contributed by atoms with Gasteiger partial charge in [0, 0.05) is 19.3 Å². The summed E-state index contributed by atoms with van der Waals surface area (Å²) in [5, 5.41) is 9.28. The number of nitrogens with zero attached hydrogens (tertiary/aromatic N) is 1. The van der Waals surface area contributed by atoms with Gasteiger partial charge in [-0.25, -0.2) is 12.7 Å². The largest absolute Gasteiger partial charge is 0.398 e. The number of aliphatic hydroxyl groups excluding tert-OH is 1. The van der Waals surface area contributed by atoms with E-state index in [0.29, 0.717) is 30.6 Å². The molecule has 3 N–H and O–H groups in total. The van der Waals surface area contributed by atoms with Gasteiger partial charge in [-0.3, -0.25) is 0 Å². The zero-order chi connectivity index (χ0) is 15.1. The van der Waals surface area contributed by atoms with E-state index in [9.17, 15) is 13.5 Å². The first-order valence-corrected chi connectivity index (χ1v) is 8.17. The minimum Gasteiger partial charge on any atom is -0.398 e. The van der Waals surface area contributed by atoms with E-state index in [1.54, 1.807) is 26.1 Å². The van der Waals surface area contributed by atoms with Crippen molar-refractivity contribution in [3.8, 4) is 0 Å². The summed E-state index contributed by atoms with van der Waals surface area (Å²) in [5.74, 6) is 0.243. The van der Waals surface area contributed by atoms with Crippen LogP contribution in [0.25, 0.3) is 0 Å². The van der Waals surface area contributed by atoms with E-state index in [1.807, 2.05) is 6.92 Å². The average Bonchev–Trinajstić information content (AvgIpc) is 2.31. The van der Waals surface area contributed by atoms with Crippen molar-refractivity contribution in [3.05, 3.63) is 23.3 Å². The van der Waals surface area contributed by atoms with Gasteiger partial charge in [0.15, 0.2) is 0 Å². The third-order valence-electron chi connectivity index (χ3n) is 3.96. The molecule has 6 heteroatoms. The van der Waals surface area contributed by atoms with E-state index < -0.39 is 10.0 Å². The van der Waals surface area contributed by atoms with Gasteiger partial charge in [0.1, 0.15) is 0 Å². The maximum absolute atomic E-state index is 12.6. The highest BCUT2D eigenvalue weighted by Gasteiger charge is 2.32. The second-order valence-corrected chi connectivity index (χ2v) is 7.77. The molecule has 0 heterocycles. The first-order valence-electron chi connectivity index (χ1n) is 6.73. The Hall–Kier alpha value is -1.11. The van der Waals surface area contributed by atoms with Crippen LogP contribution >= 0.6 is 0 Å². The molecular weight excluding hydrogens is 276 g/mol. The summed E-state index contributed by atoms with van der Waals surface area (Å²) in [6.07, 6.45) is 1.08. The molecule has 0 amide bonds. The fourth-order valence-corrected chi connectivity index (χ4v) is 4.18. The Bertz CT molecular complexity index is 607. The Labute approximate surface area is 120 Å². The molecule has 1 aromatic carbocycles. The van der Waals surface area contributed by atoms with Crippen molar-refractivity contribution in [1.29, 1.82) is 0 Å². The van der Waals surface area contributed by atoms with Crippen LogP contribution in [0, 0.1) is 19.8 Å². The van der Waals surface area contributed by atoms with Crippen LogP contribution in [0.2, 0.25) is 0 Å². The first-order chi connectivity index (χ1) is 9.21. The van der Waals surface area contributed by atoms with Gasteiger partial charge < -0.3 is 10.8 Å². The molecule has 0 unspecified atom stereocenters. The average molecular weight is 298 g/mol. The van der Waals surface area contributed by atoms with Crippen LogP contribution in [-0.2, 0) is 10.0 Å². The molecule has 1 aliphatic rings. The Morgan fingerprint density at radius 2 is 1.95 bits per heavy atom. The molecule has 5 nitrogen and oxygen atoms in total. The molecule has 0 spiro atoms. The molecule has 0 aromatic heterocycles. The monoisotopic (exact) mass is 298 g/mol. The third-order valence-corrected chi connectivity index (χ3v) is 5.91. The summed E-state index contributed by atoms with van der Waals surface area (Å²) in [4.78, 5) is 0.275. The highest BCUT2D eigenvalue weighted by atomic mass is 32.2. The second kappa shape index (κ2) is 5.35. The number of nitrogen functional groups attached to an aromatic ring is 1. The number of anilines is 1. The topological polar surface area (TPSA) is 83.6 Å². The van der Waals surface area contributed by atoms with E-state index in [1.165, 1.54) is 4.31 Å². The van der Waals surface area contributed by atoms with Crippen LogP contribution in [0.5, 0.6) is 0 Å². The fourth-order valence-electron chi connectivity index (χ4n) is 2.60. The standard InChI is InChI=1S/C14H22N2O3S/c1-9-4-13(15)10(2)14(5-9)20(18,19)16(3)8-11-6-12(17)7-11/h4-5,11-12,17H,6-8,15H2,1-3H3. The van der Waals surface area contributed by atoms with Crippen LogP contribution in [0.4, 0.5) is 5.69 Å². The van der Waals surface area contributed by atoms with Crippen LogP contribution in [0.3, 0.4) is 0 Å². The lowest BCUT2D eigenvalue weighted by Gasteiger charge is -2.34. The summed E-state index contributed by atoms with van der Waals surface area (Å²) >= 11 is 0. The van der Waals surface area contributed by atoms with Crippen molar-refractivity contribution in [1.82, 2.24) is 4.31 Å². The van der Waals surface area contributed by atoms with Crippen molar-refractivity contribution >= 4 is 15.7 Å². The molecule has 0 radical (unpaired) electrons.